The van der Waals surface area contributed by atoms with Crippen molar-refractivity contribution in [2.75, 3.05) is 25.5 Å². The molecule has 1 atom stereocenters. The van der Waals surface area contributed by atoms with E-state index in [2.05, 4.69) is 22.4 Å². The van der Waals surface area contributed by atoms with Crippen LogP contribution in [0.5, 0.6) is 5.75 Å². The van der Waals surface area contributed by atoms with Gasteiger partial charge >= 0.3 is 6.09 Å². The van der Waals surface area contributed by atoms with Crippen LogP contribution in [0, 0.1) is 0 Å². The third-order valence-electron chi connectivity index (χ3n) is 3.07. The van der Waals surface area contributed by atoms with Gasteiger partial charge in [-0.2, -0.15) is 0 Å². The Morgan fingerprint density at radius 1 is 1.47 bits per heavy atom. The molecule has 0 saturated carbocycles. The van der Waals surface area contributed by atoms with E-state index in [-0.39, 0.29) is 11.8 Å². The molecule has 1 aliphatic rings. The smallest absolute Gasteiger partial charge is 0.411 e. The van der Waals surface area contributed by atoms with Crippen molar-refractivity contribution in [3.8, 4) is 5.75 Å². The molecule has 5 nitrogen and oxygen atoms in total. The maximum atomic E-state index is 11.6. The zero-order chi connectivity index (χ0) is 13.7. The van der Waals surface area contributed by atoms with Gasteiger partial charge in [-0.1, -0.05) is 12.2 Å². The highest BCUT2D eigenvalue weighted by atomic mass is 16.5. The maximum absolute atomic E-state index is 11.6. The molecule has 0 bridgehead atoms. The third kappa shape index (κ3) is 3.99. The fourth-order valence-corrected chi connectivity index (χ4v) is 1.89. The van der Waals surface area contributed by atoms with Crippen molar-refractivity contribution >= 4 is 11.8 Å². The van der Waals surface area contributed by atoms with Crippen LogP contribution in [-0.2, 0) is 4.74 Å². The molecule has 0 spiro atoms. The molecular formula is C14H18N2O3. The highest BCUT2D eigenvalue weighted by Gasteiger charge is 2.16. The van der Waals surface area contributed by atoms with Gasteiger partial charge in [-0.05, 0) is 37.7 Å². The van der Waals surface area contributed by atoms with Crippen molar-refractivity contribution in [3.63, 3.8) is 0 Å². The number of likely N-dealkylation sites (N-methyl/N-ethyl adjacent to an activating group) is 1. The Hall–Kier alpha value is -2.01. The highest BCUT2D eigenvalue weighted by Crippen LogP contribution is 2.14. The second kappa shape index (κ2) is 6.24. The lowest BCUT2D eigenvalue weighted by molar-refractivity contribution is 0.125. The number of carbonyl (C=O) groups is 1. The molecule has 0 radical (unpaired) electrons. The molecule has 1 unspecified atom stereocenters. The molecule has 2 rings (SSSR count). The summed E-state index contributed by atoms with van der Waals surface area (Å²) in [6, 6.07) is 6.38. The highest BCUT2D eigenvalue weighted by molar-refractivity contribution is 5.84. The van der Waals surface area contributed by atoms with Crippen molar-refractivity contribution in [2.45, 2.75) is 12.5 Å². The molecular weight excluding hydrogens is 244 g/mol. The third-order valence-corrected chi connectivity index (χ3v) is 3.07. The number of phenolic OH excluding ortho intramolecular Hbond substituents is 1. The van der Waals surface area contributed by atoms with Gasteiger partial charge in [-0.25, -0.2) is 4.79 Å². The number of nitrogens with zero attached hydrogens (tertiary/aromatic N) is 1. The Bertz CT molecular complexity index is 456. The van der Waals surface area contributed by atoms with Crippen LogP contribution < -0.4 is 5.32 Å². The van der Waals surface area contributed by atoms with Crippen LogP contribution in [0.25, 0.3) is 0 Å². The summed E-state index contributed by atoms with van der Waals surface area (Å²) in [5, 5.41) is 11.7. The number of phenols is 1. The molecule has 1 aromatic carbocycles. The quantitative estimate of drug-likeness (QED) is 0.647. The Morgan fingerprint density at radius 2 is 2.21 bits per heavy atom. The van der Waals surface area contributed by atoms with Crippen molar-refractivity contribution in [1.29, 1.82) is 0 Å². The molecule has 19 heavy (non-hydrogen) atoms. The van der Waals surface area contributed by atoms with Crippen LogP contribution in [0.3, 0.4) is 0 Å². The van der Waals surface area contributed by atoms with Crippen LogP contribution in [0.1, 0.15) is 6.42 Å². The lowest BCUT2D eigenvalue weighted by Gasteiger charge is -2.27. The summed E-state index contributed by atoms with van der Waals surface area (Å²) in [4.78, 5) is 13.8. The maximum Gasteiger partial charge on any atom is 0.411 e. The summed E-state index contributed by atoms with van der Waals surface area (Å²) in [5.41, 5.74) is 0.593. The van der Waals surface area contributed by atoms with Gasteiger partial charge < -0.3 is 9.84 Å². The largest absolute Gasteiger partial charge is 0.508 e. The first-order valence-electron chi connectivity index (χ1n) is 6.25. The average Bonchev–Trinajstić information content (AvgIpc) is 2.40. The lowest BCUT2D eigenvalue weighted by atomic mass is 10.1. The van der Waals surface area contributed by atoms with Gasteiger partial charge in [0.15, 0.2) is 0 Å². The van der Waals surface area contributed by atoms with Gasteiger partial charge in [0.2, 0.25) is 0 Å². The molecule has 0 saturated heterocycles. The van der Waals surface area contributed by atoms with Crippen molar-refractivity contribution in [1.82, 2.24) is 4.90 Å². The van der Waals surface area contributed by atoms with Crippen LogP contribution in [-0.4, -0.2) is 42.3 Å². The second-order valence-corrected chi connectivity index (χ2v) is 4.54. The normalized spacial score (nSPS) is 19.1. The number of nitrogens with one attached hydrogen (secondary N) is 1. The van der Waals surface area contributed by atoms with E-state index in [9.17, 15) is 4.79 Å². The first kappa shape index (κ1) is 13.4. The predicted molar refractivity (Wildman–Crippen MR) is 73.3 cm³/mol. The number of hydrogen-bond acceptors (Lipinski definition) is 4. The number of hydrogen-bond donors (Lipinski definition) is 2. The van der Waals surface area contributed by atoms with Crippen LogP contribution in [0.4, 0.5) is 10.5 Å². The van der Waals surface area contributed by atoms with Gasteiger partial charge in [-0.15, -0.1) is 0 Å². The molecule has 0 aromatic heterocycles. The van der Waals surface area contributed by atoms with E-state index in [1.54, 1.807) is 12.1 Å². The molecule has 1 aromatic rings. The zero-order valence-corrected chi connectivity index (χ0v) is 10.9. The van der Waals surface area contributed by atoms with E-state index in [1.807, 2.05) is 7.05 Å². The SMILES string of the molecule is CN1CCC=CC1COC(=O)Nc1ccc(O)cc1. The van der Waals surface area contributed by atoms with Gasteiger partial charge in [-0.3, -0.25) is 10.2 Å². The molecule has 5 heteroatoms. The van der Waals surface area contributed by atoms with Crippen LogP contribution >= 0.6 is 0 Å². The zero-order valence-electron chi connectivity index (χ0n) is 10.9. The fourth-order valence-electron chi connectivity index (χ4n) is 1.89. The predicted octanol–water partition coefficient (Wildman–Crippen LogP) is 2.20. The topological polar surface area (TPSA) is 61.8 Å². The monoisotopic (exact) mass is 262 g/mol. The minimum Gasteiger partial charge on any atom is -0.508 e. The standard InChI is InChI=1S/C14H18N2O3/c1-16-9-3-2-4-12(16)10-19-14(18)15-11-5-7-13(17)8-6-11/h2,4-8,12,17H,3,9-10H2,1H3,(H,15,18). The second-order valence-electron chi connectivity index (χ2n) is 4.54. The Balaban J connectivity index is 1.79. The molecule has 1 amide bonds. The summed E-state index contributed by atoms with van der Waals surface area (Å²) in [6.07, 6.45) is 4.70. The molecule has 102 valence electrons. The average molecular weight is 262 g/mol. The van der Waals surface area contributed by atoms with Crippen molar-refractivity contribution < 1.29 is 14.6 Å². The molecule has 0 fully saturated rings. The number of ether oxygens (including phenoxy) is 1. The van der Waals surface area contributed by atoms with Gasteiger partial charge in [0, 0.05) is 12.2 Å². The summed E-state index contributed by atoms with van der Waals surface area (Å²) in [5.74, 6) is 0.160. The number of carbonyl (C=O) groups excluding carboxylic acids is 1. The van der Waals surface area contributed by atoms with Gasteiger partial charge in [0.05, 0.1) is 6.04 Å². The summed E-state index contributed by atoms with van der Waals surface area (Å²) >= 11 is 0. The Kier molecular flexibility index (Phi) is 4.41. The molecule has 0 aliphatic carbocycles. The minimum absolute atomic E-state index is 0.138. The molecule has 1 heterocycles. The van der Waals surface area contributed by atoms with E-state index in [1.165, 1.54) is 12.1 Å². The number of aromatic hydroxyl groups is 1. The first-order valence-corrected chi connectivity index (χ1v) is 6.25. The first-order chi connectivity index (χ1) is 9.15. The van der Waals surface area contributed by atoms with E-state index in [0.717, 1.165) is 13.0 Å². The van der Waals surface area contributed by atoms with E-state index >= 15 is 0 Å². The number of benzene rings is 1. The molecule has 1 aliphatic heterocycles. The minimum atomic E-state index is -0.488. The summed E-state index contributed by atoms with van der Waals surface area (Å²) in [6.45, 7) is 1.31. The van der Waals surface area contributed by atoms with E-state index in [4.69, 9.17) is 9.84 Å². The van der Waals surface area contributed by atoms with Gasteiger partial charge in [0.25, 0.3) is 0 Å². The van der Waals surface area contributed by atoms with Crippen LogP contribution in [0.15, 0.2) is 36.4 Å². The van der Waals surface area contributed by atoms with E-state index < -0.39 is 6.09 Å². The van der Waals surface area contributed by atoms with Crippen molar-refractivity contribution in [2.24, 2.45) is 0 Å². The van der Waals surface area contributed by atoms with Crippen molar-refractivity contribution in [3.05, 3.63) is 36.4 Å². The number of rotatable bonds is 3. The molecule has 2 N–H and O–H groups in total. The number of amides is 1. The van der Waals surface area contributed by atoms with Crippen LogP contribution in [0.2, 0.25) is 0 Å². The summed E-state index contributed by atoms with van der Waals surface area (Å²) < 4.78 is 5.18. The Morgan fingerprint density at radius 3 is 2.89 bits per heavy atom. The summed E-state index contributed by atoms with van der Waals surface area (Å²) in [7, 11) is 2.01. The van der Waals surface area contributed by atoms with E-state index in [0.29, 0.717) is 12.3 Å². The fraction of sp³-hybridized carbons (Fsp3) is 0.357. The van der Waals surface area contributed by atoms with Gasteiger partial charge in [0.1, 0.15) is 12.4 Å². The number of anilines is 1. The lowest BCUT2D eigenvalue weighted by Crippen LogP contribution is -2.37. The Labute approximate surface area is 112 Å².